The molecular formula is C28H46N4O3. The summed E-state index contributed by atoms with van der Waals surface area (Å²) < 4.78 is 11.4. The predicted octanol–water partition coefficient (Wildman–Crippen LogP) is 4.59. The fourth-order valence-electron chi connectivity index (χ4n) is 6.59. The Hall–Kier alpha value is -1.83. The zero-order valence-electron chi connectivity index (χ0n) is 22.5. The Balaban J connectivity index is 1.09. The van der Waals surface area contributed by atoms with Crippen LogP contribution in [0.3, 0.4) is 0 Å². The average molecular weight is 487 g/mol. The van der Waals surface area contributed by atoms with E-state index in [1.807, 2.05) is 6.07 Å². The van der Waals surface area contributed by atoms with Crippen LogP contribution in [-0.2, 0) is 10.2 Å². The lowest BCUT2D eigenvalue weighted by Gasteiger charge is -2.35. The van der Waals surface area contributed by atoms with E-state index in [1.54, 1.807) is 0 Å². The van der Waals surface area contributed by atoms with Gasteiger partial charge in [0.25, 0.3) is 0 Å². The molecule has 3 aliphatic heterocycles. The monoisotopic (exact) mass is 486 g/mol. The van der Waals surface area contributed by atoms with Crippen molar-refractivity contribution in [1.82, 2.24) is 15.1 Å². The highest BCUT2D eigenvalue weighted by Crippen LogP contribution is 2.51. The summed E-state index contributed by atoms with van der Waals surface area (Å²) in [5.41, 5.74) is 2.61. The average Bonchev–Trinajstić information content (AvgIpc) is 3.22. The van der Waals surface area contributed by atoms with Crippen LogP contribution in [0.15, 0.2) is 18.2 Å². The fraction of sp³-hybridized carbons (Fsp3) is 0.750. The van der Waals surface area contributed by atoms with Crippen molar-refractivity contribution in [3.05, 3.63) is 23.8 Å². The largest absolute Gasteiger partial charge is 0.412 e. The number of carbonyl (C=O) groups excluding carboxylic acids is 1. The van der Waals surface area contributed by atoms with Crippen molar-refractivity contribution in [1.29, 1.82) is 0 Å². The molecule has 0 aromatic heterocycles. The molecule has 0 bridgehead atoms. The molecule has 1 aromatic carbocycles. The molecular weight excluding hydrogens is 440 g/mol. The van der Waals surface area contributed by atoms with Gasteiger partial charge in [0.1, 0.15) is 5.75 Å². The molecule has 4 unspecified atom stereocenters. The first kappa shape index (κ1) is 26.2. The van der Waals surface area contributed by atoms with Crippen LogP contribution in [0.5, 0.6) is 5.75 Å². The molecule has 4 atom stereocenters. The lowest BCUT2D eigenvalue weighted by molar-refractivity contribution is -0.0681. The number of fused-ring (bicyclic) bond motifs is 3. The summed E-state index contributed by atoms with van der Waals surface area (Å²) in [5.74, 6) is 0.634. The van der Waals surface area contributed by atoms with Gasteiger partial charge in [-0.3, -0.25) is 9.80 Å². The van der Waals surface area contributed by atoms with E-state index < -0.39 is 0 Å². The van der Waals surface area contributed by atoms with Crippen LogP contribution < -0.4 is 15.0 Å². The van der Waals surface area contributed by atoms with Gasteiger partial charge in [0.2, 0.25) is 0 Å². The second kappa shape index (κ2) is 11.5. The van der Waals surface area contributed by atoms with Crippen LogP contribution in [0, 0.1) is 0 Å². The number of likely N-dealkylation sites (N-methyl/N-ethyl adjacent to an activating group) is 2. The van der Waals surface area contributed by atoms with E-state index >= 15 is 0 Å². The third kappa shape index (κ3) is 6.12. The summed E-state index contributed by atoms with van der Waals surface area (Å²) >= 11 is 0. The van der Waals surface area contributed by atoms with Crippen LogP contribution in [-0.4, -0.2) is 81.1 Å². The number of amides is 1. The normalized spacial score (nSPS) is 28.7. The molecule has 7 nitrogen and oxygen atoms in total. The summed E-state index contributed by atoms with van der Waals surface area (Å²) in [6.45, 7) is 11.7. The number of morpholine rings is 1. The molecule has 0 spiro atoms. The molecule has 2 saturated heterocycles. The van der Waals surface area contributed by atoms with E-state index in [2.05, 4.69) is 67.0 Å². The summed E-state index contributed by atoms with van der Waals surface area (Å²) in [7, 11) is 4.35. The van der Waals surface area contributed by atoms with Gasteiger partial charge in [-0.05, 0) is 70.5 Å². The van der Waals surface area contributed by atoms with Crippen molar-refractivity contribution in [3.63, 3.8) is 0 Å². The van der Waals surface area contributed by atoms with E-state index in [4.69, 9.17) is 9.47 Å². The molecule has 1 N–H and O–H groups in total. The van der Waals surface area contributed by atoms with E-state index in [-0.39, 0.29) is 11.5 Å². The maximum Gasteiger partial charge on any atom is 0.412 e. The van der Waals surface area contributed by atoms with Gasteiger partial charge in [0, 0.05) is 44.3 Å². The standard InChI is InChI=1S/C28H46N4O3/c1-21-19-32(20-22(2)34-21)16-11-9-7-6-8-10-15-29-27(33)35-23-12-13-25-24(18-23)28(3)14-17-30(4)26(28)31(25)5/h12-13,18,21-22,26H,6-11,14-17,19-20H2,1-5H3,(H,29,33). The predicted molar refractivity (Wildman–Crippen MR) is 141 cm³/mol. The highest BCUT2D eigenvalue weighted by atomic mass is 16.6. The van der Waals surface area contributed by atoms with Crippen LogP contribution in [0.4, 0.5) is 10.5 Å². The van der Waals surface area contributed by atoms with Crippen molar-refractivity contribution >= 4 is 11.8 Å². The van der Waals surface area contributed by atoms with Crippen molar-refractivity contribution in [2.24, 2.45) is 0 Å². The minimum absolute atomic E-state index is 0.0771. The maximum atomic E-state index is 12.3. The van der Waals surface area contributed by atoms with Crippen LogP contribution >= 0.6 is 0 Å². The molecule has 2 fully saturated rings. The fourth-order valence-corrected chi connectivity index (χ4v) is 6.59. The minimum Gasteiger partial charge on any atom is -0.410 e. The molecule has 0 radical (unpaired) electrons. The number of carbonyl (C=O) groups is 1. The highest BCUT2D eigenvalue weighted by molar-refractivity contribution is 5.72. The molecule has 1 aromatic rings. The highest BCUT2D eigenvalue weighted by Gasteiger charge is 2.52. The summed E-state index contributed by atoms with van der Waals surface area (Å²) in [6, 6.07) is 6.08. The zero-order chi connectivity index (χ0) is 25.0. The van der Waals surface area contributed by atoms with Crippen molar-refractivity contribution in [2.75, 3.05) is 51.7 Å². The Morgan fingerprint density at radius 3 is 2.51 bits per heavy atom. The van der Waals surface area contributed by atoms with E-state index in [0.29, 0.717) is 30.7 Å². The minimum atomic E-state index is -0.351. The van der Waals surface area contributed by atoms with Gasteiger partial charge in [-0.2, -0.15) is 0 Å². The maximum absolute atomic E-state index is 12.3. The first-order valence-corrected chi connectivity index (χ1v) is 13.7. The van der Waals surface area contributed by atoms with E-state index in [9.17, 15) is 4.79 Å². The third-order valence-corrected chi connectivity index (χ3v) is 8.18. The number of likely N-dealkylation sites (tertiary alicyclic amines) is 1. The van der Waals surface area contributed by atoms with Crippen molar-refractivity contribution in [2.45, 2.75) is 89.5 Å². The summed E-state index contributed by atoms with van der Waals surface area (Å²) in [6.07, 6.45) is 9.00. The molecule has 35 heavy (non-hydrogen) atoms. The quantitative estimate of drug-likeness (QED) is 0.488. The first-order chi connectivity index (χ1) is 16.8. The Morgan fingerprint density at radius 2 is 1.77 bits per heavy atom. The number of ether oxygens (including phenoxy) is 2. The number of hydrogen-bond donors (Lipinski definition) is 1. The molecule has 0 aliphatic carbocycles. The number of nitrogens with zero attached hydrogens (tertiary/aromatic N) is 3. The van der Waals surface area contributed by atoms with Crippen LogP contribution in [0.1, 0.15) is 71.3 Å². The number of anilines is 1. The first-order valence-electron chi connectivity index (χ1n) is 13.7. The Morgan fingerprint density at radius 1 is 1.09 bits per heavy atom. The van der Waals surface area contributed by atoms with Gasteiger partial charge in [-0.25, -0.2) is 4.79 Å². The zero-order valence-corrected chi connectivity index (χ0v) is 22.5. The smallest absolute Gasteiger partial charge is 0.410 e. The van der Waals surface area contributed by atoms with Crippen LogP contribution in [0.2, 0.25) is 0 Å². The number of hydrogen-bond acceptors (Lipinski definition) is 6. The van der Waals surface area contributed by atoms with Gasteiger partial charge in [-0.1, -0.05) is 32.6 Å². The number of unbranched alkanes of at least 4 members (excludes halogenated alkanes) is 5. The lowest BCUT2D eigenvalue weighted by atomic mass is 9.81. The van der Waals surface area contributed by atoms with E-state index in [0.717, 1.165) is 38.9 Å². The topological polar surface area (TPSA) is 57.3 Å². The molecule has 3 aliphatic rings. The van der Waals surface area contributed by atoms with Gasteiger partial charge in [0.15, 0.2) is 0 Å². The second-order valence-corrected chi connectivity index (χ2v) is 11.3. The molecule has 3 heterocycles. The number of benzene rings is 1. The van der Waals surface area contributed by atoms with E-state index in [1.165, 1.54) is 43.5 Å². The second-order valence-electron chi connectivity index (χ2n) is 11.3. The Bertz CT molecular complexity index is 855. The summed E-state index contributed by atoms with van der Waals surface area (Å²) in [4.78, 5) is 19.7. The number of nitrogens with one attached hydrogen (secondary N) is 1. The molecule has 0 saturated carbocycles. The van der Waals surface area contributed by atoms with Gasteiger partial charge in [0.05, 0.1) is 18.4 Å². The van der Waals surface area contributed by atoms with Crippen LogP contribution in [0.25, 0.3) is 0 Å². The number of rotatable bonds is 10. The summed E-state index contributed by atoms with van der Waals surface area (Å²) in [5, 5.41) is 2.93. The van der Waals surface area contributed by atoms with Gasteiger partial charge >= 0.3 is 6.09 Å². The Labute approximate surface area is 212 Å². The van der Waals surface area contributed by atoms with Crippen molar-refractivity contribution < 1.29 is 14.3 Å². The van der Waals surface area contributed by atoms with Gasteiger partial charge < -0.3 is 19.7 Å². The molecule has 196 valence electrons. The third-order valence-electron chi connectivity index (χ3n) is 8.18. The van der Waals surface area contributed by atoms with Gasteiger partial charge in [-0.15, -0.1) is 0 Å². The SMILES string of the molecule is CC1CN(CCCCCCCCNC(=O)Oc2ccc3c(c2)C2(C)CCN(C)C2N3C)CC(C)O1. The lowest BCUT2D eigenvalue weighted by Crippen LogP contribution is -2.45. The molecule has 7 heteroatoms. The van der Waals surface area contributed by atoms with Crippen molar-refractivity contribution in [3.8, 4) is 5.75 Å². The molecule has 4 rings (SSSR count). The Kier molecular flexibility index (Phi) is 8.61. The molecule has 1 amide bonds.